The lowest BCUT2D eigenvalue weighted by atomic mass is 9.90. The van der Waals surface area contributed by atoms with E-state index in [1.165, 1.54) is 0 Å². The van der Waals surface area contributed by atoms with Crippen LogP contribution < -0.4 is 10.6 Å². The molecule has 0 aromatic rings. The fourth-order valence-electron chi connectivity index (χ4n) is 2.02. The van der Waals surface area contributed by atoms with Crippen LogP contribution in [0.3, 0.4) is 0 Å². The summed E-state index contributed by atoms with van der Waals surface area (Å²) in [5, 5.41) is 15.3. The summed E-state index contributed by atoms with van der Waals surface area (Å²) < 4.78 is 0. The van der Waals surface area contributed by atoms with Crippen LogP contribution >= 0.6 is 0 Å². The maximum atomic E-state index is 12.1. The molecule has 0 radical (unpaired) electrons. The van der Waals surface area contributed by atoms with Crippen molar-refractivity contribution in [3.8, 4) is 6.07 Å². The fraction of sp³-hybridized carbons (Fsp3) is 0.857. The largest absolute Gasteiger partial charge is 0.337 e. The molecular weight excluding hydrogens is 240 g/mol. The van der Waals surface area contributed by atoms with Crippen LogP contribution in [0.5, 0.6) is 0 Å². The highest BCUT2D eigenvalue weighted by molar-refractivity contribution is 5.79. The van der Waals surface area contributed by atoms with E-state index < -0.39 is 5.54 Å². The molecule has 19 heavy (non-hydrogen) atoms. The average Bonchev–Trinajstić information content (AvgIpc) is 2.26. The molecule has 0 aromatic carbocycles. The van der Waals surface area contributed by atoms with Crippen molar-refractivity contribution >= 4 is 5.91 Å². The summed E-state index contributed by atoms with van der Waals surface area (Å²) in [6.07, 6.45) is 1.03. The summed E-state index contributed by atoms with van der Waals surface area (Å²) in [6.45, 7) is 11.0. The molecule has 1 aliphatic rings. The smallest absolute Gasteiger partial charge is 0.235 e. The summed E-state index contributed by atoms with van der Waals surface area (Å²) in [5.74, 6) is 0.0320. The topological polar surface area (TPSA) is 68.2 Å². The van der Waals surface area contributed by atoms with Crippen molar-refractivity contribution in [1.29, 1.82) is 5.26 Å². The van der Waals surface area contributed by atoms with Gasteiger partial charge in [0, 0.05) is 19.1 Å². The van der Waals surface area contributed by atoms with Gasteiger partial charge in [-0.2, -0.15) is 5.26 Å². The molecule has 108 valence electrons. The Morgan fingerprint density at radius 2 is 2.21 bits per heavy atom. The van der Waals surface area contributed by atoms with Gasteiger partial charge < -0.3 is 10.6 Å². The highest BCUT2D eigenvalue weighted by Crippen LogP contribution is 2.15. The number of hydrogen-bond donors (Lipinski definition) is 2. The third-order valence-corrected chi connectivity index (χ3v) is 3.92. The van der Waals surface area contributed by atoms with Gasteiger partial charge in [0.05, 0.1) is 12.6 Å². The molecule has 5 nitrogen and oxygen atoms in total. The van der Waals surface area contributed by atoms with Crippen LogP contribution in [0.4, 0.5) is 0 Å². The monoisotopic (exact) mass is 266 g/mol. The normalized spacial score (nSPS) is 18.8. The molecule has 1 amide bonds. The minimum atomic E-state index is -0.785. The quantitative estimate of drug-likeness (QED) is 0.712. The van der Waals surface area contributed by atoms with E-state index in [4.69, 9.17) is 0 Å². The first-order valence-electron chi connectivity index (χ1n) is 7.10. The second-order valence-corrected chi connectivity index (χ2v) is 5.80. The number of amides is 1. The second kappa shape index (κ2) is 6.88. The number of rotatable bonds is 7. The van der Waals surface area contributed by atoms with E-state index in [0.29, 0.717) is 12.6 Å². The standard InChI is InChI=1S/C14H26N4O/c1-5-6-18(12-7-16-8-12)9-13(19)17-14(4,10-15)11(2)3/h11-12,16H,5-9H2,1-4H3,(H,17,19). The second-order valence-electron chi connectivity index (χ2n) is 5.80. The van der Waals surface area contributed by atoms with Gasteiger partial charge in [-0.15, -0.1) is 0 Å². The van der Waals surface area contributed by atoms with E-state index >= 15 is 0 Å². The van der Waals surface area contributed by atoms with Crippen molar-refractivity contribution in [3.05, 3.63) is 0 Å². The number of carbonyl (C=O) groups excluding carboxylic acids is 1. The molecule has 0 bridgehead atoms. The summed E-state index contributed by atoms with van der Waals surface area (Å²) in [5.41, 5.74) is -0.785. The Morgan fingerprint density at radius 3 is 2.58 bits per heavy atom. The maximum Gasteiger partial charge on any atom is 0.235 e. The molecule has 1 aliphatic heterocycles. The Kier molecular flexibility index (Phi) is 5.77. The van der Waals surface area contributed by atoms with Gasteiger partial charge in [-0.3, -0.25) is 9.69 Å². The summed E-state index contributed by atoms with van der Waals surface area (Å²) >= 11 is 0. The van der Waals surface area contributed by atoms with E-state index in [9.17, 15) is 10.1 Å². The number of nitrogens with zero attached hydrogens (tertiary/aromatic N) is 2. The first kappa shape index (κ1) is 15.9. The minimum absolute atomic E-state index is 0.0573. The van der Waals surface area contributed by atoms with Crippen LogP contribution in [0.2, 0.25) is 0 Å². The van der Waals surface area contributed by atoms with Crippen molar-refractivity contribution in [2.24, 2.45) is 5.92 Å². The van der Waals surface area contributed by atoms with Crippen molar-refractivity contribution in [1.82, 2.24) is 15.5 Å². The van der Waals surface area contributed by atoms with Crippen LogP contribution in [0.1, 0.15) is 34.1 Å². The van der Waals surface area contributed by atoms with Crippen molar-refractivity contribution in [2.75, 3.05) is 26.2 Å². The third-order valence-electron chi connectivity index (χ3n) is 3.92. The first-order chi connectivity index (χ1) is 8.92. The van der Waals surface area contributed by atoms with Crippen LogP contribution in [0.15, 0.2) is 0 Å². The molecule has 1 atom stereocenters. The van der Waals surface area contributed by atoms with Crippen molar-refractivity contribution in [3.63, 3.8) is 0 Å². The molecule has 1 unspecified atom stereocenters. The fourth-order valence-corrected chi connectivity index (χ4v) is 2.02. The molecule has 1 saturated heterocycles. The van der Waals surface area contributed by atoms with Gasteiger partial charge in [-0.1, -0.05) is 20.8 Å². The van der Waals surface area contributed by atoms with Gasteiger partial charge in [-0.05, 0) is 25.8 Å². The van der Waals surface area contributed by atoms with E-state index in [-0.39, 0.29) is 11.8 Å². The van der Waals surface area contributed by atoms with Gasteiger partial charge in [-0.25, -0.2) is 0 Å². The molecule has 1 fully saturated rings. The van der Waals surface area contributed by atoms with Crippen molar-refractivity contribution in [2.45, 2.75) is 45.7 Å². The molecule has 0 aromatic heterocycles. The average molecular weight is 266 g/mol. The third kappa shape index (κ3) is 4.19. The van der Waals surface area contributed by atoms with Gasteiger partial charge in [0.15, 0.2) is 0 Å². The Labute approximate surface area is 116 Å². The van der Waals surface area contributed by atoms with Gasteiger partial charge in [0.25, 0.3) is 0 Å². The van der Waals surface area contributed by atoms with Crippen LogP contribution in [0, 0.1) is 17.2 Å². The Bertz CT molecular complexity index is 346. The van der Waals surface area contributed by atoms with E-state index in [1.54, 1.807) is 6.92 Å². The highest BCUT2D eigenvalue weighted by atomic mass is 16.2. The molecule has 5 heteroatoms. The van der Waals surface area contributed by atoms with Gasteiger partial charge in [0.2, 0.25) is 5.91 Å². The van der Waals surface area contributed by atoms with Gasteiger partial charge in [0.1, 0.15) is 5.54 Å². The predicted octanol–water partition coefficient (Wildman–Crippen LogP) is 0.725. The molecule has 0 aliphatic carbocycles. The predicted molar refractivity (Wildman–Crippen MR) is 75.5 cm³/mol. The van der Waals surface area contributed by atoms with Crippen LogP contribution in [-0.2, 0) is 4.79 Å². The molecule has 0 saturated carbocycles. The molecule has 1 heterocycles. The van der Waals surface area contributed by atoms with E-state index in [1.807, 2.05) is 13.8 Å². The van der Waals surface area contributed by atoms with Gasteiger partial charge >= 0.3 is 0 Å². The summed E-state index contributed by atoms with van der Waals surface area (Å²) in [4.78, 5) is 14.3. The molecule has 2 N–H and O–H groups in total. The first-order valence-corrected chi connectivity index (χ1v) is 7.10. The van der Waals surface area contributed by atoms with Crippen LogP contribution in [-0.4, -0.2) is 48.6 Å². The zero-order valence-electron chi connectivity index (χ0n) is 12.5. The summed E-state index contributed by atoms with van der Waals surface area (Å²) in [6, 6.07) is 2.66. The molecule has 1 rings (SSSR count). The lowest BCUT2D eigenvalue weighted by Gasteiger charge is -2.38. The molecular formula is C14H26N4O. The Morgan fingerprint density at radius 1 is 1.58 bits per heavy atom. The van der Waals surface area contributed by atoms with Crippen LogP contribution in [0.25, 0.3) is 0 Å². The lowest BCUT2D eigenvalue weighted by molar-refractivity contribution is -0.124. The maximum absolute atomic E-state index is 12.1. The molecule has 0 spiro atoms. The Balaban J connectivity index is 2.54. The summed E-state index contributed by atoms with van der Waals surface area (Å²) in [7, 11) is 0. The van der Waals surface area contributed by atoms with Crippen molar-refractivity contribution < 1.29 is 4.79 Å². The zero-order valence-corrected chi connectivity index (χ0v) is 12.5. The number of nitriles is 1. The minimum Gasteiger partial charge on any atom is -0.337 e. The number of carbonyl (C=O) groups is 1. The van der Waals surface area contributed by atoms with E-state index in [0.717, 1.165) is 26.1 Å². The lowest BCUT2D eigenvalue weighted by Crippen LogP contribution is -2.60. The SMILES string of the molecule is CCCN(CC(=O)NC(C)(C#N)C(C)C)C1CNC1. The number of hydrogen-bond acceptors (Lipinski definition) is 4. The zero-order chi connectivity index (χ0) is 14.5. The van der Waals surface area contributed by atoms with E-state index in [2.05, 4.69) is 28.5 Å². The highest BCUT2D eigenvalue weighted by Gasteiger charge is 2.32. The number of nitrogens with one attached hydrogen (secondary N) is 2. The Hall–Kier alpha value is -1.12.